The molecule has 4 nitrogen and oxygen atoms in total. The van der Waals surface area contributed by atoms with Gasteiger partial charge in [-0.25, -0.2) is 4.98 Å². The molecule has 0 unspecified atom stereocenters. The topological polar surface area (TPSA) is 41.1 Å². The van der Waals surface area contributed by atoms with Crippen LogP contribution in [0.15, 0.2) is 60.8 Å². The Bertz CT molecular complexity index is 811. The van der Waals surface area contributed by atoms with E-state index in [0.717, 1.165) is 36.8 Å². The summed E-state index contributed by atoms with van der Waals surface area (Å²) in [5.41, 5.74) is 4.80. The Hall–Kier alpha value is -2.43. The summed E-state index contributed by atoms with van der Waals surface area (Å²) in [6.45, 7) is 5.38. The Morgan fingerprint density at radius 1 is 1.12 bits per heavy atom. The van der Waals surface area contributed by atoms with Gasteiger partial charge in [0, 0.05) is 13.1 Å². The Morgan fingerprint density at radius 2 is 1.92 bits per heavy atom. The third kappa shape index (κ3) is 3.65. The van der Waals surface area contributed by atoms with Gasteiger partial charge in [-0.15, -0.1) is 0 Å². The first kappa shape index (κ1) is 16.1. The fourth-order valence-electron chi connectivity index (χ4n) is 3.28. The molecule has 4 heteroatoms. The van der Waals surface area contributed by atoms with Gasteiger partial charge in [-0.05, 0) is 18.1 Å². The van der Waals surface area contributed by atoms with Gasteiger partial charge in [0.1, 0.15) is 5.82 Å². The lowest BCUT2D eigenvalue weighted by atomic mass is 10.1. The second-order valence-corrected chi connectivity index (χ2v) is 6.59. The molecule has 4 rings (SSSR count). The van der Waals surface area contributed by atoms with Crippen LogP contribution >= 0.6 is 0 Å². The molecule has 1 N–H and O–H groups in total. The van der Waals surface area contributed by atoms with Gasteiger partial charge in [-0.3, -0.25) is 4.90 Å². The van der Waals surface area contributed by atoms with Crippen molar-refractivity contribution in [1.29, 1.82) is 0 Å². The lowest BCUT2D eigenvalue weighted by Gasteiger charge is -2.34. The number of hydrogen-bond acceptors (Lipinski definition) is 3. The number of ether oxygens (including phenoxy) is 1. The van der Waals surface area contributed by atoms with Crippen molar-refractivity contribution in [3.63, 3.8) is 0 Å². The van der Waals surface area contributed by atoms with E-state index < -0.39 is 0 Å². The van der Waals surface area contributed by atoms with E-state index in [2.05, 4.69) is 76.4 Å². The zero-order valence-corrected chi connectivity index (χ0v) is 14.5. The highest BCUT2D eigenvalue weighted by molar-refractivity contribution is 5.58. The number of hydrogen-bond donors (Lipinski definition) is 1. The van der Waals surface area contributed by atoms with Crippen molar-refractivity contribution in [2.24, 2.45) is 0 Å². The first-order chi connectivity index (χ1) is 12.3. The molecule has 0 amide bonds. The number of morpholine rings is 1. The van der Waals surface area contributed by atoms with Gasteiger partial charge in [0.2, 0.25) is 0 Å². The van der Waals surface area contributed by atoms with Crippen LogP contribution in [-0.4, -0.2) is 34.6 Å². The third-order valence-corrected chi connectivity index (χ3v) is 4.74. The second-order valence-electron chi connectivity index (χ2n) is 6.59. The van der Waals surface area contributed by atoms with E-state index in [1.807, 2.05) is 6.20 Å². The lowest BCUT2D eigenvalue weighted by Crippen LogP contribution is -2.39. The van der Waals surface area contributed by atoms with Crippen LogP contribution in [0, 0.1) is 6.92 Å². The van der Waals surface area contributed by atoms with Gasteiger partial charge < -0.3 is 9.72 Å². The minimum Gasteiger partial charge on any atom is -0.378 e. The molecule has 0 radical (unpaired) electrons. The van der Waals surface area contributed by atoms with Crippen molar-refractivity contribution in [3.8, 4) is 11.3 Å². The van der Waals surface area contributed by atoms with Gasteiger partial charge in [0.05, 0.1) is 31.1 Å². The largest absolute Gasteiger partial charge is 0.378 e. The maximum atomic E-state index is 5.73. The summed E-state index contributed by atoms with van der Waals surface area (Å²) in [5.74, 6) is 0.978. The number of aromatic amines is 1. The fourth-order valence-corrected chi connectivity index (χ4v) is 3.28. The molecule has 0 aliphatic carbocycles. The average Bonchev–Trinajstić information content (AvgIpc) is 3.14. The Kier molecular flexibility index (Phi) is 4.63. The van der Waals surface area contributed by atoms with Crippen LogP contribution in [0.3, 0.4) is 0 Å². The van der Waals surface area contributed by atoms with E-state index in [4.69, 9.17) is 4.74 Å². The molecule has 3 aromatic rings. The maximum Gasteiger partial charge on any atom is 0.126 e. The van der Waals surface area contributed by atoms with Gasteiger partial charge in [-0.2, -0.15) is 0 Å². The highest BCUT2D eigenvalue weighted by atomic mass is 16.5. The minimum absolute atomic E-state index is 0.160. The third-order valence-electron chi connectivity index (χ3n) is 4.74. The normalized spacial score (nSPS) is 18.4. The van der Waals surface area contributed by atoms with Gasteiger partial charge in [0.15, 0.2) is 0 Å². The second kappa shape index (κ2) is 7.21. The predicted octanol–water partition coefficient (Wildman–Crippen LogP) is 3.96. The van der Waals surface area contributed by atoms with Crippen molar-refractivity contribution >= 4 is 0 Å². The summed E-state index contributed by atoms with van der Waals surface area (Å²) in [4.78, 5) is 10.6. The first-order valence-electron chi connectivity index (χ1n) is 8.77. The van der Waals surface area contributed by atoms with Gasteiger partial charge in [-0.1, -0.05) is 60.2 Å². The summed E-state index contributed by atoms with van der Waals surface area (Å²) in [5, 5.41) is 0. The average molecular weight is 333 g/mol. The lowest BCUT2D eigenvalue weighted by molar-refractivity contribution is -0.0156. The molecule has 2 heterocycles. The number of aryl methyl sites for hydroxylation is 1. The molecule has 128 valence electrons. The molecule has 1 aliphatic rings. The minimum atomic E-state index is 0.160. The van der Waals surface area contributed by atoms with Crippen molar-refractivity contribution in [2.75, 3.05) is 19.8 Å². The van der Waals surface area contributed by atoms with E-state index in [1.165, 1.54) is 11.1 Å². The summed E-state index contributed by atoms with van der Waals surface area (Å²) >= 11 is 0. The van der Waals surface area contributed by atoms with E-state index in [-0.39, 0.29) is 6.04 Å². The molecule has 0 spiro atoms. The van der Waals surface area contributed by atoms with Crippen LogP contribution in [0.1, 0.15) is 23.0 Å². The molecule has 1 aliphatic heterocycles. The van der Waals surface area contributed by atoms with Crippen LogP contribution in [0.2, 0.25) is 0 Å². The Morgan fingerprint density at radius 3 is 2.72 bits per heavy atom. The smallest absolute Gasteiger partial charge is 0.126 e. The van der Waals surface area contributed by atoms with Crippen molar-refractivity contribution < 1.29 is 4.74 Å². The zero-order chi connectivity index (χ0) is 17.1. The Balaban J connectivity index is 1.55. The molecule has 1 aromatic heterocycles. The monoisotopic (exact) mass is 333 g/mol. The first-order valence-corrected chi connectivity index (χ1v) is 8.77. The van der Waals surface area contributed by atoms with Crippen molar-refractivity contribution in [1.82, 2.24) is 14.9 Å². The number of nitrogens with one attached hydrogen (secondary N) is 1. The molecule has 2 aromatic carbocycles. The summed E-state index contributed by atoms with van der Waals surface area (Å²) < 4.78 is 5.73. The highest BCUT2D eigenvalue weighted by Gasteiger charge is 2.27. The van der Waals surface area contributed by atoms with E-state index in [9.17, 15) is 0 Å². The van der Waals surface area contributed by atoms with Crippen molar-refractivity contribution in [3.05, 3.63) is 77.7 Å². The van der Waals surface area contributed by atoms with E-state index >= 15 is 0 Å². The number of imidazole rings is 1. The summed E-state index contributed by atoms with van der Waals surface area (Å²) in [6.07, 6.45) is 1.93. The molecular weight excluding hydrogens is 310 g/mol. The molecule has 0 saturated carbocycles. The quantitative estimate of drug-likeness (QED) is 0.786. The van der Waals surface area contributed by atoms with E-state index in [1.54, 1.807) is 0 Å². The molecule has 25 heavy (non-hydrogen) atoms. The number of H-pyrrole nitrogens is 1. The molecule has 1 fully saturated rings. The van der Waals surface area contributed by atoms with Gasteiger partial charge in [0.25, 0.3) is 0 Å². The van der Waals surface area contributed by atoms with Crippen LogP contribution < -0.4 is 0 Å². The standard InChI is InChI=1S/C21H23N3O/c1-16-7-9-18(10-8-16)19-13-22-21(23-19)20-15-25-12-11-24(20)14-17-5-3-2-4-6-17/h2-10,13,20H,11-12,14-15H2,1H3,(H,22,23)/t20-/m0/s1. The fraction of sp³-hybridized carbons (Fsp3) is 0.286. The number of rotatable bonds is 4. The van der Waals surface area contributed by atoms with Crippen LogP contribution in [0.4, 0.5) is 0 Å². The van der Waals surface area contributed by atoms with Crippen LogP contribution in [0.5, 0.6) is 0 Å². The number of aromatic nitrogens is 2. The SMILES string of the molecule is Cc1ccc(-c2cnc([C@@H]3COCCN3Cc3ccccc3)[nH]2)cc1. The van der Waals surface area contributed by atoms with Crippen LogP contribution in [0.25, 0.3) is 11.3 Å². The maximum absolute atomic E-state index is 5.73. The van der Waals surface area contributed by atoms with Crippen molar-refractivity contribution in [2.45, 2.75) is 19.5 Å². The summed E-state index contributed by atoms with van der Waals surface area (Å²) in [6, 6.07) is 19.3. The molecular formula is C21H23N3O. The van der Waals surface area contributed by atoms with E-state index in [0.29, 0.717) is 6.61 Å². The molecule has 0 bridgehead atoms. The zero-order valence-electron chi connectivity index (χ0n) is 14.5. The van der Waals surface area contributed by atoms with Gasteiger partial charge >= 0.3 is 0 Å². The number of nitrogens with zero attached hydrogens (tertiary/aromatic N) is 2. The van der Waals surface area contributed by atoms with Crippen LogP contribution in [-0.2, 0) is 11.3 Å². The summed E-state index contributed by atoms with van der Waals surface area (Å²) in [7, 11) is 0. The highest BCUT2D eigenvalue weighted by Crippen LogP contribution is 2.26. The molecule has 1 saturated heterocycles. The number of benzene rings is 2. The Labute approximate surface area is 148 Å². The predicted molar refractivity (Wildman–Crippen MR) is 99.2 cm³/mol. The molecule has 1 atom stereocenters.